The van der Waals surface area contributed by atoms with Gasteiger partial charge in [-0.2, -0.15) is 0 Å². The van der Waals surface area contributed by atoms with E-state index >= 15 is 0 Å². The minimum Gasteiger partial charge on any atom is -0.477 e. The predicted molar refractivity (Wildman–Crippen MR) is 71.9 cm³/mol. The summed E-state index contributed by atoms with van der Waals surface area (Å²) in [4.78, 5) is 14.7. The number of anilines is 1. The van der Waals surface area contributed by atoms with Crippen LogP contribution in [0.2, 0.25) is 5.02 Å². The summed E-state index contributed by atoms with van der Waals surface area (Å²) < 4.78 is 5.48. The number of hydrogen-bond donors (Lipinski definition) is 2. The first-order chi connectivity index (χ1) is 8.97. The number of halogens is 1. The number of nitrogens with zero attached hydrogens (tertiary/aromatic N) is 1. The number of aryl methyl sites for hydroxylation is 1. The summed E-state index contributed by atoms with van der Waals surface area (Å²) in [5.74, 6) is -0.754. The summed E-state index contributed by atoms with van der Waals surface area (Å²) in [5.41, 5.74) is 6.75. The zero-order valence-corrected chi connectivity index (χ0v) is 10.8. The van der Waals surface area contributed by atoms with Crippen LogP contribution in [0.3, 0.4) is 0 Å². The molecule has 0 amide bonds. The Kier molecular flexibility index (Phi) is 3.57. The Hall–Kier alpha value is -2.27. The zero-order chi connectivity index (χ0) is 14.0. The Bertz CT molecular complexity index is 644. The summed E-state index contributed by atoms with van der Waals surface area (Å²) >= 11 is 5.99. The Morgan fingerprint density at radius 2 is 2.11 bits per heavy atom. The predicted octanol–water partition coefficient (Wildman–Crippen LogP) is 3.12. The molecule has 0 aliphatic rings. The third-order valence-electron chi connectivity index (χ3n) is 2.40. The van der Waals surface area contributed by atoms with Crippen molar-refractivity contribution in [3.8, 4) is 11.6 Å². The normalized spacial score (nSPS) is 10.2. The van der Waals surface area contributed by atoms with Crippen molar-refractivity contribution in [2.45, 2.75) is 6.92 Å². The highest BCUT2D eigenvalue weighted by Crippen LogP contribution is 2.31. The molecule has 19 heavy (non-hydrogen) atoms. The molecule has 0 radical (unpaired) electrons. The molecule has 0 bridgehead atoms. The lowest BCUT2D eigenvalue weighted by atomic mass is 10.2. The summed E-state index contributed by atoms with van der Waals surface area (Å²) in [6.07, 6.45) is 0. The van der Waals surface area contributed by atoms with E-state index in [9.17, 15) is 4.79 Å². The fraction of sp³-hybridized carbons (Fsp3) is 0.0769. The van der Waals surface area contributed by atoms with Crippen LogP contribution in [-0.4, -0.2) is 16.1 Å². The van der Waals surface area contributed by atoms with Gasteiger partial charge in [0.1, 0.15) is 5.75 Å². The second-order valence-electron chi connectivity index (χ2n) is 3.93. The first-order valence-corrected chi connectivity index (χ1v) is 5.79. The first kappa shape index (κ1) is 13.2. The molecule has 0 spiro atoms. The molecule has 1 aromatic heterocycles. The molecule has 1 heterocycles. The largest absolute Gasteiger partial charge is 0.477 e. The highest BCUT2D eigenvalue weighted by molar-refractivity contribution is 6.32. The number of carboxylic acid groups (broad SMARTS) is 1. The van der Waals surface area contributed by atoms with Crippen LogP contribution in [-0.2, 0) is 0 Å². The Morgan fingerprint density at radius 1 is 1.37 bits per heavy atom. The van der Waals surface area contributed by atoms with Crippen molar-refractivity contribution < 1.29 is 14.6 Å². The van der Waals surface area contributed by atoms with Crippen molar-refractivity contribution in [2.24, 2.45) is 0 Å². The van der Waals surface area contributed by atoms with Gasteiger partial charge in [0.25, 0.3) is 0 Å². The number of aromatic carboxylic acids is 1. The van der Waals surface area contributed by atoms with Gasteiger partial charge in [-0.25, -0.2) is 9.78 Å². The van der Waals surface area contributed by atoms with Crippen molar-refractivity contribution in [2.75, 3.05) is 5.73 Å². The Labute approximate surface area is 114 Å². The lowest BCUT2D eigenvalue weighted by molar-refractivity contribution is 0.0689. The van der Waals surface area contributed by atoms with E-state index in [1.54, 1.807) is 12.1 Å². The maximum atomic E-state index is 10.9. The fourth-order valence-electron chi connectivity index (χ4n) is 1.45. The number of benzene rings is 1. The summed E-state index contributed by atoms with van der Waals surface area (Å²) in [6, 6.07) is 7.97. The van der Waals surface area contributed by atoms with Crippen LogP contribution < -0.4 is 10.5 Å². The topological polar surface area (TPSA) is 85.4 Å². The van der Waals surface area contributed by atoms with E-state index in [0.717, 1.165) is 5.56 Å². The van der Waals surface area contributed by atoms with Crippen LogP contribution in [0.5, 0.6) is 11.6 Å². The van der Waals surface area contributed by atoms with Crippen LogP contribution in [0.15, 0.2) is 30.3 Å². The molecule has 98 valence electrons. The molecule has 0 unspecified atom stereocenters. The Morgan fingerprint density at radius 3 is 2.79 bits per heavy atom. The van der Waals surface area contributed by atoms with Gasteiger partial charge in [0, 0.05) is 0 Å². The van der Waals surface area contributed by atoms with Gasteiger partial charge in [0.2, 0.25) is 5.88 Å². The number of rotatable bonds is 3. The third-order valence-corrected chi connectivity index (χ3v) is 2.71. The molecule has 1 aromatic carbocycles. The smallest absolute Gasteiger partial charge is 0.354 e. The molecule has 2 rings (SSSR count). The maximum absolute atomic E-state index is 10.9. The molecule has 0 aliphatic heterocycles. The molecular formula is C13H11ClN2O3. The van der Waals surface area contributed by atoms with Crippen molar-refractivity contribution in [3.05, 3.63) is 46.6 Å². The molecule has 0 atom stereocenters. The highest BCUT2D eigenvalue weighted by Gasteiger charge is 2.12. The van der Waals surface area contributed by atoms with Crippen LogP contribution >= 0.6 is 11.6 Å². The first-order valence-electron chi connectivity index (χ1n) is 5.41. The zero-order valence-electron chi connectivity index (χ0n) is 10.1. The van der Waals surface area contributed by atoms with E-state index in [1.165, 1.54) is 12.1 Å². The number of pyridine rings is 1. The Balaban J connectivity index is 2.40. The van der Waals surface area contributed by atoms with Gasteiger partial charge in [0.15, 0.2) is 5.69 Å². The van der Waals surface area contributed by atoms with Gasteiger partial charge in [-0.05, 0) is 36.8 Å². The van der Waals surface area contributed by atoms with Gasteiger partial charge in [-0.1, -0.05) is 17.7 Å². The number of ether oxygens (including phenoxy) is 1. The number of nitrogens with two attached hydrogens (primary N) is 1. The lowest BCUT2D eigenvalue weighted by Crippen LogP contribution is -2.03. The fourth-order valence-corrected chi connectivity index (χ4v) is 1.60. The lowest BCUT2D eigenvalue weighted by Gasteiger charge is -2.10. The second-order valence-corrected chi connectivity index (χ2v) is 4.34. The van der Waals surface area contributed by atoms with Gasteiger partial charge in [-0.3, -0.25) is 0 Å². The van der Waals surface area contributed by atoms with E-state index in [2.05, 4.69) is 4.98 Å². The van der Waals surface area contributed by atoms with Crippen LogP contribution in [0, 0.1) is 6.92 Å². The van der Waals surface area contributed by atoms with Crippen LogP contribution in [0.4, 0.5) is 5.69 Å². The monoisotopic (exact) mass is 278 g/mol. The van der Waals surface area contributed by atoms with Gasteiger partial charge < -0.3 is 15.6 Å². The third kappa shape index (κ3) is 2.95. The molecular weight excluding hydrogens is 268 g/mol. The summed E-state index contributed by atoms with van der Waals surface area (Å²) in [5, 5.41) is 9.28. The second kappa shape index (κ2) is 5.16. The number of hydrogen-bond acceptors (Lipinski definition) is 4. The average Bonchev–Trinajstić information content (AvgIpc) is 2.36. The van der Waals surface area contributed by atoms with Crippen LogP contribution in [0.1, 0.15) is 16.1 Å². The molecule has 0 fully saturated rings. The van der Waals surface area contributed by atoms with Gasteiger partial charge in [0.05, 0.1) is 10.7 Å². The van der Waals surface area contributed by atoms with E-state index in [1.807, 2.05) is 13.0 Å². The van der Waals surface area contributed by atoms with E-state index in [4.69, 9.17) is 27.2 Å². The molecule has 0 saturated carbocycles. The van der Waals surface area contributed by atoms with Crippen molar-refractivity contribution in [1.82, 2.24) is 4.98 Å². The molecule has 0 aliphatic carbocycles. The van der Waals surface area contributed by atoms with Crippen molar-refractivity contribution in [1.29, 1.82) is 0 Å². The molecule has 2 aromatic rings. The van der Waals surface area contributed by atoms with Crippen molar-refractivity contribution in [3.63, 3.8) is 0 Å². The molecule has 3 N–H and O–H groups in total. The maximum Gasteiger partial charge on any atom is 0.354 e. The summed E-state index contributed by atoms with van der Waals surface area (Å²) in [7, 11) is 0. The standard InChI is InChI=1S/C13H11ClN2O3/c1-7-2-3-8(14)11(6-7)19-12-9(15)4-5-10(16-12)13(17)18/h2-6H,15H2,1H3,(H,17,18). The SMILES string of the molecule is Cc1ccc(Cl)c(Oc2nc(C(=O)O)ccc2N)c1. The molecule has 6 heteroatoms. The van der Waals surface area contributed by atoms with Gasteiger partial charge >= 0.3 is 5.97 Å². The van der Waals surface area contributed by atoms with E-state index in [-0.39, 0.29) is 17.3 Å². The van der Waals surface area contributed by atoms with Crippen LogP contribution in [0.25, 0.3) is 0 Å². The minimum atomic E-state index is -1.15. The number of nitrogen functional groups attached to an aromatic ring is 1. The van der Waals surface area contributed by atoms with Crippen molar-refractivity contribution >= 4 is 23.3 Å². The average molecular weight is 279 g/mol. The summed E-state index contributed by atoms with van der Waals surface area (Å²) in [6.45, 7) is 1.88. The minimum absolute atomic E-state index is 0.0207. The number of carboxylic acids is 1. The quantitative estimate of drug-likeness (QED) is 0.901. The highest BCUT2D eigenvalue weighted by atomic mass is 35.5. The van der Waals surface area contributed by atoms with E-state index in [0.29, 0.717) is 10.8 Å². The molecule has 5 nitrogen and oxygen atoms in total. The van der Waals surface area contributed by atoms with Gasteiger partial charge in [-0.15, -0.1) is 0 Å². The van der Waals surface area contributed by atoms with E-state index < -0.39 is 5.97 Å². The number of aromatic nitrogens is 1. The molecule has 0 saturated heterocycles. The number of carbonyl (C=O) groups is 1.